The van der Waals surface area contributed by atoms with Gasteiger partial charge in [-0.25, -0.2) is 13.9 Å². The van der Waals surface area contributed by atoms with E-state index in [1.54, 1.807) is 24.5 Å². The normalized spacial score (nSPS) is 16.0. The van der Waals surface area contributed by atoms with Crippen LogP contribution in [0, 0.1) is 5.82 Å². The van der Waals surface area contributed by atoms with E-state index in [9.17, 15) is 9.18 Å². The van der Waals surface area contributed by atoms with E-state index >= 15 is 0 Å². The molecule has 0 N–H and O–H groups in total. The lowest BCUT2D eigenvalue weighted by Gasteiger charge is -2.20. The molecule has 0 atom stereocenters. The molecule has 0 spiro atoms. The first kappa shape index (κ1) is 15.9. The van der Waals surface area contributed by atoms with Gasteiger partial charge in [0.2, 0.25) is 0 Å². The van der Waals surface area contributed by atoms with Crippen LogP contribution in [0.15, 0.2) is 36.7 Å². The fraction of sp³-hybridized carbons (Fsp3) is 0.350. The van der Waals surface area contributed by atoms with Crippen LogP contribution >= 0.6 is 0 Å². The van der Waals surface area contributed by atoms with Gasteiger partial charge in [0.1, 0.15) is 5.82 Å². The van der Waals surface area contributed by atoms with Gasteiger partial charge < -0.3 is 0 Å². The monoisotopic (exact) mass is 337 g/mol. The molecule has 2 heterocycles. The molecule has 0 saturated heterocycles. The number of aldehydes is 1. The predicted molar refractivity (Wildman–Crippen MR) is 94.2 cm³/mol. The largest absolute Gasteiger partial charge is 0.298 e. The van der Waals surface area contributed by atoms with E-state index in [4.69, 9.17) is 0 Å². The smallest absolute Gasteiger partial charge is 0.165 e. The van der Waals surface area contributed by atoms with Crippen LogP contribution in [0.4, 0.5) is 4.39 Å². The number of nitrogens with zero attached hydrogens (tertiary/aromatic N) is 3. The SMILES string of the molecule is O=Cc1cnn2c(C3CCCCCC3)c(-c3ccc(F)cc3)cnc12. The summed E-state index contributed by atoms with van der Waals surface area (Å²) in [5.41, 5.74) is 4.09. The van der Waals surface area contributed by atoms with Crippen molar-refractivity contribution in [1.82, 2.24) is 14.6 Å². The first-order valence-corrected chi connectivity index (χ1v) is 8.85. The lowest BCUT2D eigenvalue weighted by molar-refractivity contribution is 0.112. The van der Waals surface area contributed by atoms with Crippen LogP contribution < -0.4 is 0 Å². The summed E-state index contributed by atoms with van der Waals surface area (Å²) in [5, 5.41) is 4.45. The fourth-order valence-electron chi connectivity index (χ4n) is 3.85. The molecule has 1 saturated carbocycles. The highest BCUT2D eigenvalue weighted by atomic mass is 19.1. The van der Waals surface area contributed by atoms with Crippen LogP contribution in [0.5, 0.6) is 0 Å². The number of aromatic nitrogens is 3. The van der Waals surface area contributed by atoms with Crippen LogP contribution in [0.2, 0.25) is 0 Å². The zero-order valence-electron chi connectivity index (χ0n) is 14.0. The van der Waals surface area contributed by atoms with Crippen molar-refractivity contribution >= 4 is 11.9 Å². The Labute approximate surface area is 145 Å². The molecule has 0 aliphatic heterocycles. The number of benzene rings is 1. The highest BCUT2D eigenvalue weighted by Gasteiger charge is 2.23. The topological polar surface area (TPSA) is 47.3 Å². The first-order chi connectivity index (χ1) is 12.3. The number of carbonyl (C=O) groups is 1. The maximum Gasteiger partial charge on any atom is 0.165 e. The van der Waals surface area contributed by atoms with Crippen molar-refractivity contribution in [2.75, 3.05) is 0 Å². The molecule has 4 nitrogen and oxygen atoms in total. The molecule has 0 unspecified atom stereocenters. The van der Waals surface area contributed by atoms with E-state index in [0.717, 1.165) is 35.9 Å². The molecule has 128 valence electrons. The van der Waals surface area contributed by atoms with Crippen LogP contribution in [0.1, 0.15) is 60.5 Å². The van der Waals surface area contributed by atoms with Gasteiger partial charge in [0.05, 0.1) is 17.5 Å². The molecule has 1 fully saturated rings. The van der Waals surface area contributed by atoms with Gasteiger partial charge in [-0.1, -0.05) is 37.8 Å². The van der Waals surface area contributed by atoms with E-state index < -0.39 is 0 Å². The summed E-state index contributed by atoms with van der Waals surface area (Å²) in [6.45, 7) is 0. The lowest BCUT2D eigenvalue weighted by Crippen LogP contribution is -2.09. The fourth-order valence-corrected chi connectivity index (χ4v) is 3.85. The number of halogens is 1. The van der Waals surface area contributed by atoms with Crippen molar-refractivity contribution in [1.29, 1.82) is 0 Å². The molecule has 0 bridgehead atoms. The van der Waals surface area contributed by atoms with E-state index in [1.165, 1.54) is 37.8 Å². The summed E-state index contributed by atoms with van der Waals surface area (Å²) in [6.07, 6.45) is 11.3. The Morgan fingerprint density at radius 3 is 2.44 bits per heavy atom. The number of hydrogen-bond acceptors (Lipinski definition) is 3. The summed E-state index contributed by atoms with van der Waals surface area (Å²) >= 11 is 0. The maximum absolute atomic E-state index is 13.3. The summed E-state index contributed by atoms with van der Waals surface area (Å²) in [4.78, 5) is 15.7. The summed E-state index contributed by atoms with van der Waals surface area (Å²) in [5.74, 6) is 0.114. The molecule has 1 aliphatic rings. The number of rotatable bonds is 3. The first-order valence-electron chi connectivity index (χ1n) is 8.85. The Kier molecular flexibility index (Phi) is 4.30. The minimum atomic E-state index is -0.254. The molecule has 4 rings (SSSR count). The second-order valence-electron chi connectivity index (χ2n) is 6.71. The van der Waals surface area contributed by atoms with Gasteiger partial charge >= 0.3 is 0 Å². The molecule has 5 heteroatoms. The van der Waals surface area contributed by atoms with Crippen molar-refractivity contribution < 1.29 is 9.18 Å². The standard InChI is InChI=1S/C20H20FN3O/c21-17-9-7-14(8-10-17)18-12-22-20-16(13-25)11-23-24(20)19(18)15-5-3-1-2-4-6-15/h7-13,15H,1-6H2. The van der Waals surface area contributed by atoms with Gasteiger partial charge in [-0.3, -0.25) is 4.79 Å². The van der Waals surface area contributed by atoms with Crippen molar-refractivity contribution in [2.24, 2.45) is 0 Å². The minimum Gasteiger partial charge on any atom is -0.298 e. The van der Waals surface area contributed by atoms with Crippen LogP contribution in [-0.2, 0) is 0 Å². The van der Waals surface area contributed by atoms with Crippen LogP contribution in [-0.4, -0.2) is 20.9 Å². The molecular formula is C20H20FN3O. The molecule has 0 amide bonds. The van der Waals surface area contributed by atoms with Gasteiger partial charge in [0, 0.05) is 17.7 Å². The lowest BCUT2D eigenvalue weighted by atomic mass is 9.91. The van der Waals surface area contributed by atoms with Crippen molar-refractivity contribution in [2.45, 2.75) is 44.4 Å². The van der Waals surface area contributed by atoms with Gasteiger partial charge in [0.25, 0.3) is 0 Å². The Bertz CT molecular complexity index is 893. The summed E-state index contributed by atoms with van der Waals surface area (Å²) in [7, 11) is 0. The molecule has 1 aromatic carbocycles. The average molecular weight is 337 g/mol. The van der Waals surface area contributed by atoms with Crippen molar-refractivity contribution in [3.05, 3.63) is 53.7 Å². The Morgan fingerprint density at radius 2 is 1.76 bits per heavy atom. The van der Waals surface area contributed by atoms with Gasteiger partial charge in [-0.15, -0.1) is 0 Å². The zero-order chi connectivity index (χ0) is 17.2. The predicted octanol–water partition coefficient (Wildman–Crippen LogP) is 4.79. The number of hydrogen-bond donors (Lipinski definition) is 0. The number of fused-ring (bicyclic) bond motifs is 1. The quantitative estimate of drug-likeness (QED) is 0.510. The molecule has 1 aliphatic carbocycles. The van der Waals surface area contributed by atoms with E-state index in [-0.39, 0.29) is 5.82 Å². The van der Waals surface area contributed by atoms with E-state index in [0.29, 0.717) is 17.1 Å². The highest BCUT2D eigenvalue weighted by Crippen LogP contribution is 2.37. The Hall–Kier alpha value is -2.56. The highest BCUT2D eigenvalue weighted by molar-refractivity contribution is 5.84. The Balaban J connectivity index is 1.93. The maximum atomic E-state index is 13.3. The zero-order valence-corrected chi connectivity index (χ0v) is 14.0. The minimum absolute atomic E-state index is 0.254. The molecule has 2 aromatic heterocycles. The number of carbonyl (C=O) groups excluding carboxylic acids is 1. The van der Waals surface area contributed by atoms with Crippen LogP contribution in [0.3, 0.4) is 0 Å². The second kappa shape index (κ2) is 6.75. The van der Waals surface area contributed by atoms with Crippen molar-refractivity contribution in [3.8, 4) is 11.1 Å². The molecular weight excluding hydrogens is 317 g/mol. The molecule has 25 heavy (non-hydrogen) atoms. The molecule has 0 radical (unpaired) electrons. The van der Waals surface area contributed by atoms with E-state index in [1.807, 2.05) is 4.52 Å². The van der Waals surface area contributed by atoms with E-state index in [2.05, 4.69) is 10.1 Å². The summed E-state index contributed by atoms with van der Waals surface area (Å²) < 4.78 is 15.2. The second-order valence-corrected chi connectivity index (χ2v) is 6.71. The average Bonchev–Trinajstić information content (AvgIpc) is 2.87. The summed E-state index contributed by atoms with van der Waals surface area (Å²) in [6, 6.07) is 6.50. The van der Waals surface area contributed by atoms with Gasteiger partial charge in [0.15, 0.2) is 11.9 Å². The van der Waals surface area contributed by atoms with Gasteiger partial charge in [-0.05, 0) is 30.5 Å². The third-order valence-corrected chi connectivity index (χ3v) is 5.12. The molecule has 3 aromatic rings. The third-order valence-electron chi connectivity index (χ3n) is 5.12. The Morgan fingerprint density at radius 1 is 1.04 bits per heavy atom. The van der Waals surface area contributed by atoms with Gasteiger partial charge in [-0.2, -0.15) is 5.10 Å². The van der Waals surface area contributed by atoms with Crippen molar-refractivity contribution in [3.63, 3.8) is 0 Å². The third kappa shape index (κ3) is 2.95. The van der Waals surface area contributed by atoms with Crippen LogP contribution in [0.25, 0.3) is 16.8 Å².